The van der Waals surface area contributed by atoms with Gasteiger partial charge in [-0.05, 0) is 44.2 Å². The Kier molecular flexibility index (Phi) is 3.28. The smallest absolute Gasteiger partial charge is 0.247 e. The van der Waals surface area contributed by atoms with Gasteiger partial charge in [-0.1, -0.05) is 6.58 Å². The van der Waals surface area contributed by atoms with Gasteiger partial charge in [0.05, 0.1) is 5.69 Å². The lowest BCUT2D eigenvalue weighted by Gasteiger charge is -2.02. The van der Waals surface area contributed by atoms with E-state index in [2.05, 4.69) is 16.9 Å². The van der Waals surface area contributed by atoms with Crippen LogP contribution in [-0.4, -0.2) is 10.9 Å². The van der Waals surface area contributed by atoms with Crippen LogP contribution >= 0.6 is 0 Å². The lowest BCUT2D eigenvalue weighted by molar-refractivity contribution is -0.111. The molecule has 92 valence electrons. The third-order valence-electron chi connectivity index (χ3n) is 2.61. The summed E-state index contributed by atoms with van der Waals surface area (Å²) in [5.74, 6) is 1.17. The molecule has 2 aromatic rings. The number of anilines is 1. The van der Waals surface area contributed by atoms with Crippen LogP contribution in [0.15, 0.2) is 41.3 Å². The van der Waals surface area contributed by atoms with E-state index in [-0.39, 0.29) is 5.91 Å². The Hall–Kier alpha value is -2.36. The Morgan fingerprint density at radius 1 is 1.33 bits per heavy atom. The van der Waals surface area contributed by atoms with Gasteiger partial charge in [-0.3, -0.25) is 4.79 Å². The van der Waals surface area contributed by atoms with Crippen molar-refractivity contribution in [1.82, 2.24) is 4.98 Å². The summed E-state index contributed by atoms with van der Waals surface area (Å²) >= 11 is 0. The van der Waals surface area contributed by atoms with Crippen LogP contribution in [0.5, 0.6) is 0 Å². The molecule has 4 heteroatoms. The van der Waals surface area contributed by atoms with Crippen LogP contribution in [0, 0.1) is 13.8 Å². The van der Waals surface area contributed by atoms with Gasteiger partial charge >= 0.3 is 0 Å². The van der Waals surface area contributed by atoms with Crippen LogP contribution in [0.3, 0.4) is 0 Å². The van der Waals surface area contributed by atoms with E-state index in [9.17, 15) is 4.79 Å². The molecular weight excluding hydrogens is 228 g/mol. The topological polar surface area (TPSA) is 55.1 Å². The van der Waals surface area contributed by atoms with E-state index in [1.54, 1.807) is 12.1 Å². The molecule has 0 saturated heterocycles. The number of carbonyl (C=O) groups excluding carboxylic acids is 1. The predicted molar refractivity (Wildman–Crippen MR) is 70.2 cm³/mol. The Morgan fingerprint density at radius 2 is 2.00 bits per heavy atom. The molecule has 0 saturated carbocycles. The molecule has 1 aromatic heterocycles. The van der Waals surface area contributed by atoms with Gasteiger partial charge in [0.2, 0.25) is 11.8 Å². The summed E-state index contributed by atoms with van der Waals surface area (Å²) in [6.45, 7) is 7.18. The minimum absolute atomic E-state index is 0.231. The number of benzene rings is 1. The minimum Gasteiger partial charge on any atom is -0.441 e. The molecule has 1 amide bonds. The maximum absolute atomic E-state index is 11.1. The van der Waals surface area contributed by atoms with Crippen molar-refractivity contribution in [3.05, 3.63) is 48.4 Å². The second-order valence-corrected chi connectivity index (χ2v) is 3.93. The summed E-state index contributed by atoms with van der Waals surface area (Å²) in [4.78, 5) is 15.4. The molecule has 1 N–H and O–H groups in total. The van der Waals surface area contributed by atoms with Gasteiger partial charge in [0.15, 0.2) is 0 Å². The van der Waals surface area contributed by atoms with Crippen molar-refractivity contribution in [3.63, 3.8) is 0 Å². The van der Waals surface area contributed by atoms with Crippen LogP contribution < -0.4 is 5.32 Å². The molecule has 0 aliphatic carbocycles. The molecule has 4 nitrogen and oxygen atoms in total. The highest BCUT2D eigenvalue weighted by Gasteiger charge is 2.08. The number of nitrogens with one attached hydrogen (secondary N) is 1. The summed E-state index contributed by atoms with van der Waals surface area (Å²) in [6.07, 6.45) is 1.23. The second kappa shape index (κ2) is 4.87. The third-order valence-corrected chi connectivity index (χ3v) is 2.61. The fourth-order valence-corrected chi connectivity index (χ4v) is 1.49. The predicted octanol–water partition coefficient (Wildman–Crippen LogP) is 3.08. The van der Waals surface area contributed by atoms with E-state index in [4.69, 9.17) is 4.42 Å². The molecule has 18 heavy (non-hydrogen) atoms. The first-order valence-electron chi connectivity index (χ1n) is 5.58. The highest BCUT2D eigenvalue weighted by molar-refractivity contribution is 5.98. The van der Waals surface area contributed by atoms with Gasteiger partial charge < -0.3 is 9.73 Å². The van der Waals surface area contributed by atoms with Crippen LogP contribution in [0.4, 0.5) is 5.69 Å². The first-order valence-corrected chi connectivity index (χ1v) is 5.58. The Labute approximate surface area is 105 Å². The molecule has 2 rings (SSSR count). The van der Waals surface area contributed by atoms with Gasteiger partial charge in [0.1, 0.15) is 5.76 Å². The van der Waals surface area contributed by atoms with E-state index in [1.165, 1.54) is 6.08 Å². The third kappa shape index (κ3) is 2.48. The minimum atomic E-state index is -0.231. The van der Waals surface area contributed by atoms with Crippen LogP contribution in [0.2, 0.25) is 0 Å². The van der Waals surface area contributed by atoms with Crippen molar-refractivity contribution in [1.29, 1.82) is 0 Å². The maximum atomic E-state index is 11.1. The summed E-state index contributed by atoms with van der Waals surface area (Å²) < 4.78 is 5.53. The van der Waals surface area contributed by atoms with E-state index in [1.807, 2.05) is 26.0 Å². The van der Waals surface area contributed by atoms with E-state index < -0.39 is 0 Å². The number of oxazole rings is 1. The standard InChI is InChI=1S/C14H14N2O2/c1-4-13(17)16-12-7-5-11(6-8-12)14-15-9(2)10(3)18-14/h4-8H,1H2,2-3H3,(H,16,17). The van der Waals surface area contributed by atoms with E-state index in [0.29, 0.717) is 11.6 Å². The van der Waals surface area contributed by atoms with Crippen LogP contribution in [0.25, 0.3) is 11.5 Å². The summed E-state index contributed by atoms with van der Waals surface area (Å²) in [5.41, 5.74) is 2.47. The van der Waals surface area contributed by atoms with E-state index in [0.717, 1.165) is 17.0 Å². The first kappa shape index (κ1) is 12.1. The number of aryl methyl sites for hydroxylation is 2. The normalized spacial score (nSPS) is 10.1. The molecule has 0 aliphatic heterocycles. The van der Waals surface area contributed by atoms with Gasteiger partial charge in [-0.2, -0.15) is 0 Å². The molecule has 0 unspecified atom stereocenters. The molecular formula is C14H14N2O2. The monoisotopic (exact) mass is 242 g/mol. The number of amides is 1. The zero-order valence-corrected chi connectivity index (χ0v) is 10.4. The lowest BCUT2D eigenvalue weighted by Crippen LogP contribution is -2.06. The number of hydrogen-bond donors (Lipinski definition) is 1. The number of rotatable bonds is 3. The lowest BCUT2D eigenvalue weighted by atomic mass is 10.2. The zero-order chi connectivity index (χ0) is 13.1. The highest BCUT2D eigenvalue weighted by Crippen LogP contribution is 2.22. The Bertz CT molecular complexity index is 563. The van der Waals surface area contributed by atoms with Gasteiger partial charge in [0.25, 0.3) is 0 Å². The molecule has 0 atom stereocenters. The maximum Gasteiger partial charge on any atom is 0.247 e. The summed E-state index contributed by atoms with van der Waals surface area (Å²) in [5, 5.41) is 2.68. The van der Waals surface area contributed by atoms with Crippen molar-refractivity contribution >= 4 is 11.6 Å². The van der Waals surface area contributed by atoms with Gasteiger partial charge in [-0.25, -0.2) is 4.98 Å². The molecule has 1 heterocycles. The fourth-order valence-electron chi connectivity index (χ4n) is 1.49. The average molecular weight is 242 g/mol. The van der Waals surface area contributed by atoms with E-state index >= 15 is 0 Å². The largest absolute Gasteiger partial charge is 0.441 e. The van der Waals surface area contributed by atoms with Crippen molar-refractivity contribution in [2.24, 2.45) is 0 Å². The highest BCUT2D eigenvalue weighted by atomic mass is 16.4. The Morgan fingerprint density at radius 3 is 2.50 bits per heavy atom. The second-order valence-electron chi connectivity index (χ2n) is 3.93. The molecule has 0 fully saturated rings. The van der Waals surface area contributed by atoms with Crippen molar-refractivity contribution in [2.75, 3.05) is 5.32 Å². The van der Waals surface area contributed by atoms with Gasteiger partial charge in [0, 0.05) is 11.3 Å². The van der Waals surface area contributed by atoms with Crippen LogP contribution in [0.1, 0.15) is 11.5 Å². The number of aromatic nitrogens is 1. The number of nitrogens with zero attached hydrogens (tertiary/aromatic N) is 1. The van der Waals surface area contributed by atoms with Crippen molar-refractivity contribution < 1.29 is 9.21 Å². The molecule has 0 spiro atoms. The SMILES string of the molecule is C=CC(=O)Nc1ccc(-c2nc(C)c(C)o2)cc1. The summed E-state index contributed by atoms with van der Waals surface area (Å²) in [7, 11) is 0. The Balaban J connectivity index is 2.22. The van der Waals surface area contributed by atoms with Crippen LogP contribution in [-0.2, 0) is 4.79 Å². The average Bonchev–Trinajstić information content (AvgIpc) is 2.70. The fraction of sp³-hybridized carbons (Fsp3) is 0.143. The van der Waals surface area contributed by atoms with Gasteiger partial charge in [-0.15, -0.1) is 0 Å². The molecule has 1 aromatic carbocycles. The zero-order valence-electron chi connectivity index (χ0n) is 10.4. The van der Waals surface area contributed by atoms with Crippen molar-refractivity contribution in [3.8, 4) is 11.5 Å². The quantitative estimate of drug-likeness (QED) is 0.841. The first-order chi connectivity index (χ1) is 8.60. The summed E-state index contributed by atoms with van der Waals surface area (Å²) in [6, 6.07) is 7.30. The van der Waals surface area contributed by atoms with Crippen molar-refractivity contribution in [2.45, 2.75) is 13.8 Å². The molecule has 0 aliphatic rings. The molecule has 0 bridgehead atoms. The number of carbonyl (C=O) groups is 1. The molecule has 0 radical (unpaired) electrons. The number of hydrogen-bond acceptors (Lipinski definition) is 3.